The molecule has 5 heteroatoms. The minimum atomic E-state index is -0.418. The molecule has 0 radical (unpaired) electrons. The van der Waals surface area contributed by atoms with Gasteiger partial charge >= 0.3 is 0 Å². The Morgan fingerprint density at radius 1 is 1.44 bits per heavy atom. The van der Waals surface area contributed by atoms with Crippen LogP contribution < -0.4 is 11.1 Å². The average molecular weight is 236 g/mol. The largest absolute Gasteiger partial charge is 0.374 e. The third-order valence-electron chi connectivity index (χ3n) is 2.17. The summed E-state index contributed by atoms with van der Waals surface area (Å²) in [5, 5.41) is 4.40. The van der Waals surface area contributed by atoms with Crippen LogP contribution in [0.15, 0.2) is 30.5 Å². The van der Waals surface area contributed by atoms with Gasteiger partial charge in [-0.3, -0.25) is 9.78 Å². The van der Waals surface area contributed by atoms with Gasteiger partial charge in [0.2, 0.25) is 5.91 Å². The molecule has 1 aromatic carbocycles. The maximum absolute atomic E-state index is 10.7. The third kappa shape index (κ3) is 2.06. The van der Waals surface area contributed by atoms with Gasteiger partial charge in [0.25, 0.3) is 0 Å². The Labute approximate surface area is 97.4 Å². The number of carbonyl (C=O) groups is 1. The average Bonchev–Trinajstić information content (AvgIpc) is 2.28. The first-order chi connectivity index (χ1) is 7.68. The Balaban J connectivity index is 2.46. The molecule has 1 aromatic heterocycles. The zero-order valence-electron chi connectivity index (χ0n) is 8.40. The summed E-state index contributed by atoms with van der Waals surface area (Å²) in [7, 11) is 0. The van der Waals surface area contributed by atoms with Crippen molar-refractivity contribution < 1.29 is 4.79 Å². The number of rotatable bonds is 3. The number of anilines is 1. The van der Waals surface area contributed by atoms with Crippen LogP contribution in [-0.2, 0) is 4.79 Å². The molecule has 0 fully saturated rings. The molecule has 0 saturated heterocycles. The molecular weight excluding hydrogens is 226 g/mol. The highest BCUT2D eigenvalue weighted by molar-refractivity contribution is 6.35. The van der Waals surface area contributed by atoms with Crippen LogP contribution in [0, 0.1) is 0 Å². The zero-order valence-corrected chi connectivity index (χ0v) is 9.16. The summed E-state index contributed by atoms with van der Waals surface area (Å²) >= 11 is 6.03. The van der Waals surface area contributed by atoms with Gasteiger partial charge in [-0.2, -0.15) is 0 Å². The first-order valence-electron chi connectivity index (χ1n) is 4.74. The topological polar surface area (TPSA) is 68.0 Å². The van der Waals surface area contributed by atoms with E-state index in [2.05, 4.69) is 10.3 Å². The second-order valence-electron chi connectivity index (χ2n) is 3.31. The quantitative estimate of drug-likeness (QED) is 0.852. The van der Waals surface area contributed by atoms with Gasteiger partial charge in [-0.05, 0) is 24.3 Å². The minimum Gasteiger partial charge on any atom is -0.374 e. The number of hydrogen-bond acceptors (Lipinski definition) is 3. The van der Waals surface area contributed by atoms with Crippen molar-refractivity contribution in [3.63, 3.8) is 0 Å². The van der Waals surface area contributed by atoms with Crippen molar-refractivity contribution in [3.05, 3.63) is 35.5 Å². The normalized spacial score (nSPS) is 10.3. The van der Waals surface area contributed by atoms with Crippen molar-refractivity contribution in [2.75, 3.05) is 11.9 Å². The number of pyridine rings is 1. The number of amides is 1. The van der Waals surface area contributed by atoms with Crippen LogP contribution in [0.3, 0.4) is 0 Å². The van der Waals surface area contributed by atoms with Gasteiger partial charge in [0, 0.05) is 11.6 Å². The fraction of sp³-hybridized carbons (Fsp3) is 0.0909. The fourth-order valence-electron chi connectivity index (χ4n) is 1.46. The Morgan fingerprint density at radius 3 is 3.00 bits per heavy atom. The third-order valence-corrected chi connectivity index (χ3v) is 2.50. The van der Waals surface area contributed by atoms with Crippen molar-refractivity contribution in [3.8, 4) is 0 Å². The first kappa shape index (κ1) is 10.7. The number of halogens is 1. The number of benzene rings is 1. The summed E-state index contributed by atoms with van der Waals surface area (Å²) in [6, 6.07) is 7.22. The molecule has 0 aliphatic heterocycles. The number of fused-ring (bicyclic) bond motifs is 1. The van der Waals surface area contributed by atoms with E-state index in [1.54, 1.807) is 18.3 Å². The summed E-state index contributed by atoms with van der Waals surface area (Å²) in [6.07, 6.45) is 1.67. The summed E-state index contributed by atoms with van der Waals surface area (Å²) < 4.78 is 0. The Hall–Kier alpha value is -1.81. The molecule has 0 aliphatic carbocycles. The zero-order chi connectivity index (χ0) is 11.5. The molecule has 0 unspecified atom stereocenters. The molecule has 3 N–H and O–H groups in total. The van der Waals surface area contributed by atoms with E-state index in [4.69, 9.17) is 17.3 Å². The predicted octanol–water partition coefficient (Wildman–Crippen LogP) is 1.79. The number of aromatic nitrogens is 1. The highest BCUT2D eigenvalue weighted by atomic mass is 35.5. The lowest BCUT2D eigenvalue weighted by molar-refractivity contribution is -0.116. The van der Waals surface area contributed by atoms with E-state index < -0.39 is 5.91 Å². The van der Waals surface area contributed by atoms with Gasteiger partial charge in [0.05, 0.1) is 22.8 Å². The lowest BCUT2D eigenvalue weighted by Crippen LogP contribution is -2.21. The van der Waals surface area contributed by atoms with Crippen molar-refractivity contribution in [2.45, 2.75) is 0 Å². The van der Waals surface area contributed by atoms with Gasteiger partial charge < -0.3 is 11.1 Å². The molecule has 0 spiro atoms. The number of nitrogens with two attached hydrogens (primary N) is 1. The number of nitrogens with zero attached hydrogens (tertiary/aromatic N) is 1. The van der Waals surface area contributed by atoms with Crippen molar-refractivity contribution in [1.82, 2.24) is 4.98 Å². The molecule has 2 aromatic rings. The van der Waals surface area contributed by atoms with Crippen molar-refractivity contribution >= 4 is 34.1 Å². The molecule has 82 valence electrons. The molecule has 0 saturated carbocycles. The fourth-order valence-corrected chi connectivity index (χ4v) is 1.68. The first-order valence-corrected chi connectivity index (χ1v) is 5.11. The molecule has 2 rings (SSSR count). The summed E-state index contributed by atoms with van der Waals surface area (Å²) in [4.78, 5) is 14.9. The standard InChI is InChI=1S/C11H10ClN3O/c12-8-3-4-9(15-6-10(13)16)11-7(8)2-1-5-14-11/h1-5,15H,6H2,(H2,13,16). The minimum absolute atomic E-state index is 0.0767. The summed E-state index contributed by atoms with van der Waals surface area (Å²) in [5.41, 5.74) is 6.55. The monoisotopic (exact) mass is 235 g/mol. The van der Waals surface area contributed by atoms with Crippen molar-refractivity contribution in [1.29, 1.82) is 0 Å². The number of primary amides is 1. The van der Waals surface area contributed by atoms with Crippen LogP contribution in [0.2, 0.25) is 5.02 Å². The van der Waals surface area contributed by atoms with E-state index in [1.165, 1.54) is 0 Å². The van der Waals surface area contributed by atoms with Crippen LogP contribution in [-0.4, -0.2) is 17.4 Å². The lowest BCUT2D eigenvalue weighted by Gasteiger charge is -2.08. The highest BCUT2D eigenvalue weighted by Gasteiger charge is 2.05. The molecular formula is C11H10ClN3O. The lowest BCUT2D eigenvalue weighted by atomic mass is 10.2. The van der Waals surface area contributed by atoms with E-state index in [-0.39, 0.29) is 6.54 Å². The number of carbonyl (C=O) groups excluding carboxylic acids is 1. The second-order valence-corrected chi connectivity index (χ2v) is 3.72. The molecule has 0 bridgehead atoms. The van der Waals surface area contributed by atoms with E-state index in [1.807, 2.05) is 12.1 Å². The van der Waals surface area contributed by atoms with Crippen molar-refractivity contribution in [2.24, 2.45) is 5.73 Å². The molecule has 1 heterocycles. The summed E-state index contributed by atoms with van der Waals surface area (Å²) in [6.45, 7) is 0.0767. The van der Waals surface area contributed by atoms with Gasteiger partial charge in [0.15, 0.2) is 0 Å². The maximum Gasteiger partial charge on any atom is 0.236 e. The van der Waals surface area contributed by atoms with E-state index in [9.17, 15) is 4.79 Å². The van der Waals surface area contributed by atoms with E-state index >= 15 is 0 Å². The van der Waals surface area contributed by atoms with Crippen LogP contribution >= 0.6 is 11.6 Å². The van der Waals surface area contributed by atoms with Crippen LogP contribution in [0.4, 0.5) is 5.69 Å². The van der Waals surface area contributed by atoms with Gasteiger partial charge in [-0.15, -0.1) is 0 Å². The number of hydrogen-bond donors (Lipinski definition) is 2. The Morgan fingerprint density at radius 2 is 2.25 bits per heavy atom. The molecule has 1 amide bonds. The smallest absolute Gasteiger partial charge is 0.236 e. The van der Waals surface area contributed by atoms with E-state index in [0.29, 0.717) is 5.02 Å². The second kappa shape index (κ2) is 4.37. The predicted molar refractivity (Wildman–Crippen MR) is 64.4 cm³/mol. The van der Waals surface area contributed by atoms with Gasteiger partial charge in [-0.1, -0.05) is 11.6 Å². The molecule has 0 aliphatic rings. The molecule has 0 atom stereocenters. The van der Waals surface area contributed by atoms with Crippen LogP contribution in [0.25, 0.3) is 10.9 Å². The highest BCUT2D eigenvalue weighted by Crippen LogP contribution is 2.27. The SMILES string of the molecule is NC(=O)CNc1ccc(Cl)c2cccnc12. The summed E-state index contributed by atoms with van der Waals surface area (Å²) in [5.74, 6) is -0.418. The van der Waals surface area contributed by atoms with E-state index in [0.717, 1.165) is 16.6 Å². The maximum atomic E-state index is 10.7. The van der Waals surface area contributed by atoms with Gasteiger partial charge in [-0.25, -0.2) is 0 Å². The van der Waals surface area contributed by atoms with Crippen LogP contribution in [0.5, 0.6) is 0 Å². The Kier molecular flexibility index (Phi) is 2.92. The van der Waals surface area contributed by atoms with Crippen LogP contribution in [0.1, 0.15) is 0 Å². The number of nitrogens with one attached hydrogen (secondary N) is 1. The molecule has 16 heavy (non-hydrogen) atoms. The molecule has 4 nitrogen and oxygen atoms in total. The van der Waals surface area contributed by atoms with Gasteiger partial charge in [0.1, 0.15) is 0 Å². The Bertz CT molecular complexity index is 542.